The number of benzene rings is 8. The van der Waals surface area contributed by atoms with Crippen LogP contribution >= 0.6 is 0 Å². The predicted octanol–water partition coefficient (Wildman–Crippen LogP) is 13.3. The van der Waals surface area contributed by atoms with Crippen molar-refractivity contribution < 1.29 is 0 Å². The Balaban J connectivity index is 1.10. The molecular weight excluding hydrogens is 655 g/mol. The molecule has 0 fully saturated rings. The second-order valence-electron chi connectivity index (χ2n) is 13.7. The van der Waals surface area contributed by atoms with Gasteiger partial charge in [0.1, 0.15) is 0 Å². The second kappa shape index (κ2) is 13.4. The van der Waals surface area contributed by atoms with E-state index < -0.39 is 0 Å². The fraction of sp³-hybridized carbons (Fsp3) is 0. The van der Waals surface area contributed by atoms with Crippen molar-refractivity contribution in [1.82, 2.24) is 15.0 Å². The molecule has 0 radical (unpaired) electrons. The van der Waals surface area contributed by atoms with E-state index in [1.807, 2.05) is 18.3 Å². The van der Waals surface area contributed by atoms with Crippen LogP contribution in [0.15, 0.2) is 200 Å². The largest absolute Gasteiger partial charge is 0.264 e. The van der Waals surface area contributed by atoms with Gasteiger partial charge >= 0.3 is 0 Å². The zero-order valence-electron chi connectivity index (χ0n) is 29.4. The first-order valence-corrected chi connectivity index (χ1v) is 18.2. The topological polar surface area (TPSA) is 38.7 Å². The molecule has 252 valence electrons. The molecule has 0 unspecified atom stereocenters. The van der Waals surface area contributed by atoms with E-state index in [4.69, 9.17) is 9.97 Å². The number of fused-ring (bicyclic) bond motifs is 6. The van der Waals surface area contributed by atoms with Gasteiger partial charge in [-0.2, -0.15) is 0 Å². The highest BCUT2D eigenvalue weighted by atomic mass is 14.9. The Bertz CT molecular complexity index is 2940. The lowest BCUT2D eigenvalue weighted by atomic mass is 9.92. The van der Waals surface area contributed by atoms with Gasteiger partial charge in [-0.1, -0.05) is 158 Å². The van der Waals surface area contributed by atoms with Crippen LogP contribution in [0.25, 0.3) is 99.6 Å². The highest BCUT2D eigenvalue weighted by Gasteiger charge is 2.14. The molecule has 0 aliphatic heterocycles. The molecule has 0 aliphatic carbocycles. The lowest BCUT2D eigenvalue weighted by molar-refractivity contribution is 1.18. The van der Waals surface area contributed by atoms with Crippen molar-refractivity contribution in [1.29, 1.82) is 0 Å². The normalized spacial score (nSPS) is 11.3. The first-order valence-electron chi connectivity index (χ1n) is 18.2. The van der Waals surface area contributed by atoms with E-state index in [-0.39, 0.29) is 0 Å². The number of pyridine rings is 1. The zero-order chi connectivity index (χ0) is 35.8. The third-order valence-electron chi connectivity index (χ3n) is 10.4. The van der Waals surface area contributed by atoms with Crippen molar-refractivity contribution in [2.24, 2.45) is 0 Å². The summed E-state index contributed by atoms with van der Waals surface area (Å²) in [5, 5.41) is 7.60. The van der Waals surface area contributed by atoms with Crippen molar-refractivity contribution in [2.75, 3.05) is 0 Å². The number of nitrogens with zero attached hydrogens (tertiary/aromatic N) is 3. The smallest absolute Gasteiger partial charge is 0.160 e. The summed E-state index contributed by atoms with van der Waals surface area (Å²) in [6.45, 7) is 0. The third kappa shape index (κ3) is 5.78. The van der Waals surface area contributed by atoms with Crippen LogP contribution in [0.4, 0.5) is 0 Å². The fourth-order valence-corrected chi connectivity index (χ4v) is 7.65. The molecule has 0 N–H and O–H groups in total. The van der Waals surface area contributed by atoms with Crippen LogP contribution in [0.2, 0.25) is 0 Å². The third-order valence-corrected chi connectivity index (χ3v) is 10.4. The minimum Gasteiger partial charge on any atom is -0.264 e. The minimum atomic E-state index is 0.683. The number of hydrogen-bond donors (Lipinski definition) is 0. The molecule has 54 heavy (non-hydrogen) atoms. The molecule has 10 rings (SSSR count). The maximum absolute atomic E-state index is 5.24. The van der Waals surface area contributed by atoms with E-state index in [1.165, 1.54) is 37.9 Å². The van der Waals surface area contributed by atoms with E-state index in [1.54, 1.807) is 6.20 Å². The molecule has 2 aromatic heterocycles. The quantitative estimate of drug-likeness (QED) is 0.163. The van der Waals surface area contributed by atoms with Crippen LogP contribution in [0.3, 0.4) is 0 Å². The Morgan fingerprint density at radius 3 is 1.41 bits per heavy atom. The standard InChI is InChI=1S/C51H33N3/c1-2-11-34(12-3-1)37-13-8-15-40(29-37)50-32-49(36-24-22-35(23-25-36)42-17-10-28-52-33-42)53-51(54-50)41-16-9-14-38(30-41)39-26-27-47-45-20-5-4-18-43(45)44-19-6-7-21-46(44)48(47)31-39/h1-33H. The molecule has 0 atom stereocenters. The number of aromatic nitrogens is 3. The van der Waals surface area contributed by atoms with E-state index in [0.29, 0.717) is 5.82 Å². The average Bonchev–Trinajstić information content (AvgIpc) is 3.27. The highest BCUT2D eigenvalue weighted by molar-refractivity contribution is 6.25. The summed E-state index contributed by atoms with van der Waals surface area (Å²) in [4.78, 5) is 14.8. The molecule has 3 heteroatoms. The molecule has 3 nitrogen and oxygen atoms in total. The Hall–Kier alpha value is -7.23. The predicted molar refractivity (Wildman–Crippen MR) is 225 cm³/mol. The van der Waals surface area contributed by atoms with Crippen LogP contribution < -0.4 is 0 Å². The van der Waals surface area contributed by atoms with Crippen LogP contribution in [0.1, 0.15) is 0 Å². The first-order chi connectivity index (χ1) is 26.7. The van der Waals surface area contributed by atoms with Gasteiger partial charge in [0.2, 0.25) is 0 Å². The second-order valence-corrected chi connectivity index (χ2v) is 13.7. The van der Waals surface area contributed by atoms with Crippen LogP contribution in [0.5, 0.6) is 0 Å². The fourth-order valence-electron chi connectivity index (χ4n) is 7.65. The summed E-state index contributed by atoms with van der Waals surface area (Å²) in [6, 6.07) is 66.7. The van der Waals surface area contributed by atoms with E-state index >= 15 is 0 Å². The molecule has 0 amide bonds. The van der Waals surface area contributed by atoms with Gasteiger partial charge in [-0.05, 0) is 96.0 Å². The molecule has 8 aromatic carbocycles. The van der Waals surface area contributed by atoms with Crippen LogP contribution in [-0.4, -0.2) is 15.0 Å². The molecule has 2 heterocycles. The molecule has 10 aromatic rings. The summed E-state index contributed by atoms with van der Waals surface area (Å²) in [6.07, 6.45) is 3.69. The molecule has 0 bridgehead atoms. The zero-order valence-corrected chi connectivity index (χ0v) is 29.4. The van der Waals surface area contributed by atoms with Gasteiger partial charge < -0.3 is 0 Å². The molecule has 0 saturated carbocycles. The van der Waals surface area contributed by atoms with Crippen molar-refractivity contribution in [3.63, 3.8) is 0 Å². The van der Waals surface area contributed by atoms with Gasteiger partial charge in [-0.3, -0.25) is 4.98 Å². The molecule has 0 saturated heterocycles. The van der Waals surface area contributed by atoms with Crippen molar-refractivity contribution >= 4 is 32.3 Å². The van der Waals surface area contributed by atoms with Crippen LogP contribution in [0, 0.1) is 0 Å². The Labute approximate surface area is 313 Å². The average molecular weight is 688 g/mol. The van der Waals surface area contributed by atoms with E-state index in [0.717, 1.165) is 55.9 Å². The maximum Gasteiger partial charge on any atom is 0.160 e. The Kier molecular flexibility index (Phi) is 7.81. The molecule has 0 aliphatic rings. The van der Waals surface area contributed by atoms with Gasteiger partial charge in [0.15, 0.2) is 5.82 Å². The van der Waals surface area contributed by atoms with Gasteiger partial charge in [0.25, 0.3) is 0 Å². The summed E-state index contributed by atoms with van der Waals surface area (Å²) in [5.74, 6) is 0.683. The van der Waals surface area contributed by atoms with Gasteiger partial charge in [0.05, 0.1) is 11.4 Å². The summed E-state index contributed by atoms with van der Waals surface area (Å²) in [7, 11) is 0. The molecule has 0 spiro atoms. The van der Waals surface area contributed by atoms with Gasteiger partial charge in [-0.25, -0.2) is 9.97 Å². The van der Waals surface area contributed by atoms with Crippen LogP contribution in [-0.2, 0) is 0 Å². The SMILES string of the molecule is c1ccc(-c2cccc(-c3cc(-c4ccc(-c5cccnc5)cc4)nc(-c4cccc(-c5ccc6c7ccccc7c7ccccc7c6c5)c4)n3)c2)cc1. The summed E-state index contributed by atoms with van der Waals surface area (Å²) in [5.41, 5.74) is 11.6. The minimum absolute atomic E-state index is 0.683. The maximum atomic E-state index is 5.24. The van der Waals surface area contributed by atoms with Crippen molar-refractivity contribution in [3.05, 3.63) is 200 Å². The van der Waals surface area contributed by atoms with Gasteiger partial charge in [-0.15, -0.1) is 0 Å². The number of rotatable bonds is 6. The van der Waals surface area contributed by atoms with Crippen molar-refractivity contribution in [3.8, 4) is 67.3 Å². The first kappa shape index (κ1) is 31.5. The van der Waals surface area contributed by atoms with Gasteiger partial charge in [0, 0.05) is 29.1 Å². The Morgan fingerprint density at radius 2 is 0.722 bits per heavy atom. The molecular formula is C51H33N3. The monoisotopic (exact) mass is 687 g/mol. The highest BCUT2D eigenvalue weighted by Crippen LogP contribution is 2.38. The van der Waals surface area contributed by atoms with Crippen molar-refractivity contribution in [2.45, 2.75) is 0 Å². The van der Waals surface area contributed by atoms with E-state index in [2.05, 4.69) is 181 Å². The summed E-state index contributed by atoms with van der Waals surface area (Å²) >= 11 is 0. The lowest BCUT2D eigenvalue weighted by Gasteiger charge is -2.13. The van der Waals surface area contributed by atoms with E-state index in [9.17, 15) is 0 Å². The number of hydrogen-bond acceptors (Lipinski definition) is 3. The lowest BCUT2D eigenvalue weighted by Crippen LogP contribution is -1.96. The summed E-state index contributed by atoms with van der Waals surface area (Å²) < 4.78 is 0. The Morgan fingerprint density at radius 1 is 0.259 bits per heavy atom.